The highest BCUT2D eigenvalue weighted by molar-refractivity contribution is 5.76. The Morgan fingerprint density at radius 2 is 2.20 bits per heavy atom. The first-order valence-corrected chi connectivity index (χ1v) is 5.86. The third-order valence-corrected chi connectivity index (χ3v) is 2.45. The Kier molecular flexibility index (Phi) is 5.65. The van der Waals surface area contributed by atoms with E-state index in [1.54, 1.807) is 6.92 Å². The predicted molar refractivity (Wildman–Crippen MR) is 59.6 cm³/mol. The minimum absolute atomic E-state index is 0.153. The molecule has 1 rings (SSSR count). The van der Waals surface area contributed by atoms with E-state index in [1.807, 2.05) is 0 Å². The Hall–Kier alpha value is -0.610. The monoisotopic (exact) mass is 214 g/mol. The molecule has 0 aromatic heterocycles. The van der Waals surface area contributed by atoms with Crippen molar-refractivity contribution in [3.05, 3.63) is 0 Å². The summed E-state index contributed by atoms with van der Waals surface area (Å²) >= 11 is 0. The van der Waals surface area contributed by atoms with E-state index in [0.717, 1.165) is 38.8 Å². The number of hydrogen-bond acceptors (Lipinski definition) is 3. The molecular formula is C11H22N2O2. The Morgan fingerprint density at radius 1 is 1.47 bits per heavy atom. The number of amides is 1. The molecule has 1 aliphatic rings. The van der Waals surface area contributed by atoms with Crippen LogP contribution in [0.15, 0.2) is 0 Å². The van der Waals surface area contributed by atoms with Gasteiger partial charge in [0.05, 0.1) is 6.10 Å². The van der Waals surface area contributed by atoms with Crippen molar-refractivity contribution < 1.29 is 9.90 Å². The molecule has 1 aliphatic carbocycles. The Balaban J connectivity index is 1.81. The van der Waals surface area contributed by atoms with Gasteiger partial charge in [0.15, 0.2) is 0 Å². The van der Waals surface area contributed by atoms with Crippen molar-refractivity contribution in [3.63, 3.8) is 0 Å². The van der Waals surface area contributed by atoms with Gasteiger partial charge in [0.1, 0.15) is 0 Å². The van der Waals surface area contributed by atoms with E-state index in [4.69, 9.17) is 5.11 Å². The molecule has 1 unspecified atom stereocenters. The molecule has 0 aromatic rings. The number of carbonyl (C=O) groups is 1. The highest BCUT2D eigenvalue weighted by Gasteiger charge is 2.22. The topological polar surface area (TPSA) is 61.4 Å². The minimum atomic E-state index is -0.218. The van der Waals surface area contributed by atoms with Crippen LogP contribution >= 0.6 is 0 Å². The third-order valence-electron chi connectivity index (χ3n) is 2.45. The van der Waals surface area contributed by atoms with Gasteiger partial charge in [-0.2, -0.15) is 0 Å². The minimum Gasteiger partial charge on any atom is -0.393 e. The average molecular weight is 214 g/mol. The van der Waals surface area contributed by atoms with Crippen molar-refractivity contribution in [2.45, 2.75) is 51.2 Å². The Labute approximate surface area is 91.4 Å². The van der Waals surface area contributed by atoms with Gasteiger partial charge < -0.3 is 15.7 Å². The summed E-state index contributed by atoms with van der Waals surface area (Å²) in [5.41, 5.74) is 0. The molecule has 0 aromatic carbocycles. The van der Waals surface area contributed by atoms with E-state index < -0.39 is 0 Å². The first kappa shape index (κ1) is 12.5. The highest BCUT2D eigenvalue weighted by Crippen LogP contribution is 2.18. The number of rotatable bonds is 8. The van der Waals surface area contributed by atoms with Crippen LogP contribution < -0.4 is 10.6 Å². The molecule has 0 heterocycles. The van der Waals surface area contributed by atoms with Crippen LogP contribution in [-0.2, 0) is 4.79 Å². The van der Waals surface area contributed by atoms with Gasteiger partial charge in [0, 0.05) is 19.0 Å². The van der Waals surface area contributed by atoms with E-state index in [0.29, 0.717) is 12.5 Å². The normalized spacial score (nSPS) is 17.5. The summed E-state index contributed by atoms with van der Waals surface area (Å²) in [7, 11) is 0. The van der Waals surface area contributed by atoms with Gasteiger partial charge in [0.25, 0.3) is 0 Å². The third kappa shape index (κ3) is 7.33. The summed E-state index contributed by atoms with van der Waals surface area (Å²) < 4.78 is 0. The van der Waals surface area contributed by atoms with Crippen molar-refractivity contribution in [1.29, 1.82) is 0 Å². The quantitative estimate of drug-likeness (QED) is 0.513. The zero-order valence-electron chi connectivity index (χ0n) is 9.46. The lowest BCUT2D eigenvalue weighted by atomic mass is 10.2. The maximum absolute atomic E-state index is 11.2. The molecule has 88 valence electrons. The van der Waals surface area contributed by atoms with Crippen molar-refractivity contribution in [2.75, 3.05) is 13.1 Å². The van der Waals surface area contributed by atoms with Crippen LogP contribution in [0.2, 0.25) is 0 Å². The van der Waals surface area contributed by atoms with Crippen LogP contribution in [0.25, 0.3) is 0 Å². The van der Waals surface area contributed by atoms with E-state index in [2.05, 4.69) is 10.6 Å². The van der Waals surface area contributed by atoms with E-state index >= 15 is 0 Å². The molecule has 0 aliphatic heterocycles. The molecule has 0 radical (unpaired) electrons. The van der Waals surface area contributed by atoms with Crippen LogP contribution in [0, 0.1) is 0 Å². The lowest BCUT2D eigenvalue weighted by molar-refractivity contribution is -0.121. The summed E-state index contributed by atoms with van der Waals surface area (Å²) in [4.78, 5) is 11.2. The van der Waals surface area contributed by atoms with Crippen molar-refractivity contribution in [2.24, 2.45) is 0 Å². The van der Waals surface area contributed by atoms with Gasteiger partial charge in [-0.05, 0) is 39.2 Å². The fourth-order valence-electron chi connectivity index (χ4n) is 1.38. The van der Waals surface area contributed by atoms with Gasteiger partial charge in [-0.15, -0.1) is 0 Å². The second-order valence-corrected chi connectivity index (χ2v) is 4.33. The molecule has 3 N–H and O–H groups in total. The van der Waals surface area contributed by atoms with Crippen LogP contribution in [0.1, 0.15) is 39.0 Å². The number of aliphatic hydroxyl groups excluding tert-OH is 1. The van der Waals surface area contributed by atoms with E-state index in [1.165, 1.54) is 0 Å². The summed E-state index contributed by atoms with van der Waals surface area (Å²) in [6.07, 6.45) is 4.42. The maximum atomic E-state index is 11.2. The zero-order valence-corrected chi connectivity index (χ0v) is 9.46. The number of nitrogens with one attached hydrogen (secondary N) is 2. The summed E-state index contributed by atoms with van der Waals surface area (Å²) in [5, 5.41) is 15.1. The van der Waals surface area contributed by atoms with E-state index in [-0.39, 0.29) is 12.0 Å². The molecular weight excluding hydrogens is 192 g/mol. The van der Waals surface area contributed by atoms with Crippen LogP contribution in [-0.4, -0.2) is 36.2 Å². The molecule has 1 saturated carbocycles. The Bertz CT molecular complexity index is 191. The second-order valence-electron chi connectivity index (χ2n) is 4.33. The Morgan fingerprint density at radius 3 is 2.80 bits per heavy atom. The molecule has 4 nitrogen and oxygen atoms in total. The fourth-order valence-corrected chi connectivity index (χ4v) is 1.38. The first-order valence-electron chi connectivity index (χ1n) is 5.86. The van der Waals surface area contributed by atoms with Gasteiger partial charge in [-0.25, -0.2) is 0 Å². The maximum Gasteiger partial charge on any atom is 0.221 e. The average Bonchev–Trinajstić information content (AvgIpc) is 2.94. The number of aliphatic hydroxyl groups is 1. The van der Waals surface area contributed by atoms with Crippen LogP contribution in [0.4, 0.5) is 0 Å². The predicted octanol–water partition coefficient (Wildman–Crippen LogP) is 0.406. The van der Waals surface area contributed by atoms with Crippen LogP contribution in [0.3, 0.4) is 0 Å². The highest BCUT2D eigenvalue weighted by atomic mass is 16.3. The zero-order chi connectivity index (χ0) is 11.1. The van der Waals surface area contributed by atoms with E-state index in [9.17, 15) is 4.79 Å². The first-order chi connectivity index (χ1) is 7.18. The SMILES string of the molecule is CC(O)CCCNCCC(=O)NC1CC1. The van der Waals surface area contributed by atoms with Gasteiger partial charge >= 0.3 is 0 Å². The van der Waals surface area contributed by atoms with Crippen molar-refractivity contribution >= 4 is 5.91 Å². The van der Waals surface area contributed by atoms with Crippen molar-refractivity contribution in [1.82, 2.24) is 10.6 Å². The number of hydrogen-bond donors (Lipinski definition) is 3. The standard InChI is InChI=1S/C11H22N2O2/c1-9(14)3-2-7-12-8-6-11(15)13-10-4-5-10/h9-10,12,14H,2-8H2,1H3,(H,13,15). The second kappa shape index (κ2) is 6.80. The lowest BCUT2D eigenvalue weighted by Gasteiger charge is -2.06. The van der Waals surface area contributed by atoms with Crippen LogP contribution in [0.5, 0.6) is 0 Å². The smallest absolute Gasteiger partial charge is 0.221 e. The van der Waals surface area contributed by atoms with Gasteiger partial charge in [0.2, 0.25) is 5.91 Å². The largest absolute Gasteiger partial charge is 0.393 e. The van der Waals surface area contributed by atoms with Gasteiger partial charge in [-0.3, -0.25) is 4.79 Å². The summed E-state index contributed by atoms with van der Waals surface area (Å²) in [6, 6.07) is 0.465. The fraction of sp³-hybridized carbons (Fsp3) is 0.909. The molecule has 4 heteroatoms. The summed E-state index contributed by atoms with van der Waals surface area (Å²) in [5.74, 6) is 0.153. The molecule has 1 amide bonds. The molecule has 0 spiro atoms. The molecule has 15 heavy (non-hydrogen) atoms. The molecule has 0 saturated heterocycles. The lowest BCUT2D eigenvalue weighted by Crippen LogP contribution is -2.29. The molecule has 0 bridgehead atoms. The molecule has 1 atom stereocenters. The van der Waals surface area contributed by atoms with Crippen molar-refractivity contribution in [3.8, 4) is 0 Å². The molecule has 1 fully saturated rings. The number of carbonyl (C=O) groups excluding carboxylic acids is 1. The van der Waals surface area contributed by atoms with Gasteiger partial charge in [-0.1, -0.05) is 0 Å². The summed E-state index contributed by atoms with van der Waals surface area (Å²) in [6.45, 7) is 3.41.